The van der Waals surface area contributed by atoms with E-state index in [4.69, 9.17) is 25.1 Å². The Kier molecular flexibility index (Phi) is 36.4. The van der Waals surface area contributed by atoms with Crippen LogP contribution >= 0.6 is 0 Å². The first kappa shape index (κ1) is 15.7. The van der Waals surface area contributed by atoms with E-state index in [2.05, 4.69) is 0 Å². The number of hydrogen-bond acceptors (Lipinski definition) is 3. The molecule has 0 aromatic carbocycles. The minimum absolute atomic E-state index is 0. The van der Waals surface area contributed by atoms with Crippen LogP contribution in [0, 0.1) is 11.8 Å². The first-order valence-corrected chi connectivity index (χ1v) is 1.77. The fourth-order valence-corrected chi connectivity index (χ4v) is 0. The summed E-state index contributed by atoms with van der Waals surface area (Å²) in [6, 6.07) is 0. The van der Waals surface area contributed by atoms with Crippen molar-refractivity contribution in [1.82, 2.24) is 0 Å². The monoisotopic (exact) mass is 214 g/mol. The Balaban J connectivity index is -0.0000000480. The van der Waals surface area contributed by atoms with Crippen LogP contribution in [-0.2, 0) is 33.7 Å². The van der Waals surface area contributed by atoms with Crippen LogP contribution in [0.25, 0.3) is 0 Å². The largest absolute Gasteiger partial charge is 0.750 e. The molecular formula is CHAgNO3S-2. The topological polar surface area (TPSA) is 84.2 Å². The van der Waals surface area contributed by atoms with Gasteiger partial charge in [-0.15, -0.1) is 0 Å². The Hall–Kier alpha value is 0.300. The Morgan fingerprint density at radius 1 is 1.71 bits per heavy atom. The molecule has 0 aromatic heterocycles. The third-order valence-corrected chi connectivity index (χ3v) is 0. The summed E-state index contributed by atoms with van der Waals surface area (Å²) in [7, 11) is 0. The molecule has 0 saturated carbocycles. The number of nitrogens with zero attached hydrogens (tertiary/aromatic N) is 1. The molecule has 47 valence electrons. The van der Waals surface area contributed by atoms with Crippen LogP contribution in [0.3, 0.4) is 0 Å². The van der Waals surface area contributed by atoms with Gasteiger partial charge in [0.25, 0.3) is 0 Å². The van der Waals surface area contributed by atoms with Crippen LogP contribution in [-0.4, -0.2) is 13.3 Å². The third-order valence-electron chi connectivity index (χ3n) is 0. The Labute approximate surface area is 59.2 Å². The summed E-state index contributed by atoms with van der Waals surface area (Å²) in [6.45, 7) is 4.75. The van der Waals surface area contributed by atoms with E-state index in [0.29, 0.717) is 0 Å². The summed E-state index contributed by atoms with van der Waals surface area (Å²) in [5.74, 6) is 0. The van der Waals surface area contributed by atoms with Crippen LogP contribution in [0.1, 0.15) is 0 Å². The van der Waals surface area contributed by atoms with Gasteiger partial charge in [0.05, 0.1) is 11.4 Å². The number of rotatable bonds is 0. The molecule has 0 spiro atoms. The van der Waals surface area contributed by atoms with Crippen molar-refractivity contribution in [2.45, 2.75) is 0 Å². The van der Waals surface area contributed by atoms with Gasteiger partial charge in [-0.3, -0.25) is 0 Å². The minimum atomic E-state index is -2.86. The average Bonchev–Trinajstić information content (AvgIpc) is 1.41. The van der Waals surface area contributed by atoms with Crippen molar-refractivity contribution in [3.8, 4) is 0 Å². The predicted octanol–water partition coefficient (Wildman–Crippen LogP) is -0.568. The first-order valence-electron chi connectivity index (χ1n) is 0.740. The summed E-state index contributed by atoms with van der Waals surface area (Å²) >= 11 is -2.86. The van der Waals surface area contributed by atoms with Crippen molar-refractivity contribution < 1.29 is 35.7 Å². The van der Waals surface area contributed by atoms with Crippen molar-refractivity contribution >= 4 is 11.4 Å². The van der Waals surface area contributed by atoms with Gasteiger partial charge in [0, 0.05) is 22.4 Å². The molecule has 0 aromatic rings. The summed E-state index contributed by atoms with van der Waals surface area (Å²) in [6.07, 6.45) is 0. The maximum Gasteiger partial charge on any atom is 0.0814 e. The fraction of sp³-hybridized carbons (Fsp3) is 0. The van der Waals surface area contributed by atoms with Gasteiger partial charge in [-0.25, -0.2) is 4.21 Å². The van der Waals surface area contributed by atoms with E-state index in [1.54, 1.807) is 0 Å². The van der Waals surface area contributed by atoms with Gasteiger partial charge in [-0.05, 0) is 0 Å². The van der Waals surface area contributed by atoms with E-state index in [1.165, 1.54) is 0 Å². The summed E-state index contributed by atoms with van der Waals surface area (Å²) in [4.78, 5) is 0. The zero-order chi connectivity index (χ0) is 5.58. The second-order valence-electron chi connectivity index (χ2n) is 0.217. The predicted molar refractivity (Wildman–Crippen MR) is 16.5 cm³/mol. The van der Waals surface area contributed by atoms with Gasteiger partial charge >= 0.3 is 0 Å². The second kappa shape index (κ2) is 16.3. The quantitative estimate of drug-likeness (QED) is 0.333. The van der Waals surface area contributed by atoms with Crippen molar-refractivity contribution in [2.24, 2.45) is 0 Å². The normalized spacial score (nSPS) is 9.14. The SMILES string of the molecule is O=S([O-])O.[Ag].[C-]#N. The van der Waals surface area contributed by atoms with E-state index in [1.807, 2.05) is 0 Å². The van der Waals surface area contributed by atoms with Crippen LogP contribution in [0.15, 0.2) is 0 Å². The van der Waals surface area contributed by atoms with Crippen molar-refractivity contribution in [3.63, 3.8) is 0 Å². The van der Waals surface area contributed by atoms with E-state index in [-0.39, 0.29) is 22.4 Å². The Morgan fingerprint density at radius 2 is 1.71 bits per heavy atom. The summed E-state index contributed by atoms with van der Waals surface area (Å²) in [5, 5.41) is 6.25. The molecule has 0 aliphatic heterocycles. The molecule has 1 atom stereocenters. The van der Waals surface area contributed by atoms with Crippen LogP contribution in [0.2, 0.25) is 0 Å². The Morgan fingerprint density at radius 3 is 1.71 bits per heavy atom. The van der Waals surface area contributed by atoms with Crippen molar-refractivity contribution in [1.29, 1.82) is 5.26 Å². The van der Waals surface area contributed by atoms with Gasteiger partial charge in [0.15, 0.2) is 0 Å². The molecule has 0 aliphatic rings. The summed E-state index contributed by atoms with van der Waals surface area (Å²) in [5.41, 5.74) is 0. The van der Waals surface area contributed by atoms with Gasteiger partial charge in [0.2, 0.25) is 0 Å². The maximum absolute atomic E-state index is 8.56. The van der Waals surface area contributed by atoms with Gasteiger partial charge < -0.3 is 20.9 Å². The molecule has 1 unspecified atom stereocenters. The zero-order valence-corrected chi connectivity index (χ0v) is 5.22. The van der Waals surface area contributed by atoms with E-state index in [0.717, 1.165) is 0 Å². The molecule has 0 bridgehead atoms. The third kappa shape index (κ3) is 1290. The number of hydrogen-bond donors (Lipinski definition) is 1. The van der Waals surface area contributed by atoms with E-state index < -0.39 is 11.4 Å². The molecule has 0 fully saturated rings. The summed E-state index contributed by atoms with van der Waals surface area (Å²) < 4.78 is 24.1. The fourth-order valence-electron chi connectivity index (χ4n) is 0. The first-order chi connectivity index (χ1) is 2.73. The van der Waals surface area contributed by atoms with Crippen molar-refractivity contribution in [3.05, 3.63) is 6.57 Å². The molecule has 7 heavy (non-hydrogen) atoms. The van der Waals surface area contributed by atoms with Crippen LogP contribution < -0.4 is 0 Å². The molecule has 0 amide bonds. The van der Waals surface area contributed by atoms with Gasteiger partial charge in [0.1, 0.15) is 0 Å². The zero-order valence-electron chi connectivity index (χ0n) is 2.92. The standard InChI is InChI=1S/CN.Ag.H2O3S/c1-2;;1-4(2)3/h;;(H2,1,2,3)/q-1;;/p-1. The molecule has 0 aliphatic carbocycles. The molecule has 0 heterocycles. The van der Waals surface area contributed by atoms with Gasteiger partial charge in [-0.1, -0.05) is 0 Å². The molecule has 0 saturated heterocycles. The molecule has 4 nitrogen and oxygen atoms in total. The molecular weight excluding hydrogens is 214 g/mol. The molecule has 1 radical (unpaired) electrons. The second-order valence-corrected chi connectivity index (χ2v) is 0.651. The van der Waals surface area contributed by atoms with Crippen molar-refractivity contribution in [2.75, 3.05) is 0 Å². The van der Waals surface area contributed by atoms with Crippen LogP contribution in [0.5, 0.6) is 0 Å². The maximum atomic E-state index is 8.56. The van der Waals surface area contributed by atoms with Crippen LogP contribution in [0.4, 0.5) is 0 Å². The van der Waals surface area contributed by atoms with E-state index in [9.17, 15) is 0 Å². The minimum Gasteiger partial charge on any atom is -0.750 e. The Bertz CT molecular complexity index is 59.2. The van der Waals surface area contributed by atoms with E-state index >= 15 is 0 Å². The molecule has 0 rings (SSSR count). The smallest absolute Gasteiger partial charge is 0.0814 e. The van der Waals surface area contributed by atoms with Gasteiger partial charge in [-0.2, -0.15) is 0 Å². The average molecular weight is 215 g/mol. The molecule has 1 N–H and O–H groups in total. The molecule has 6 heteroatoms.